The molecule has 252 valence electrons. The van der Waals surface area contributed by atoms with E-state index in [2.05, 4.69) is 54.0 Å². The number of benzene rings is 4. The van der Waals surface area contributed by atoms with Gasteiger partial charge in [-0.15, -0.1) is 0 Å². The third-order valence-electron chi connectivity index (χ3n) is 8.95. The molecule has 0 saturated heterocycles. The molecule has 5 heteroatoms. The fourth-order valence-electron chi connectivity index (χ4n) is 6.09. The van der Waals surface area contributed by atoms with E-state index in [4.69, 9.17) is 9.47 Å². The van der Waals surface area contributed by atoms with E-state index in [0.29, 0.717) is 0 Å². The van der Waals surface area contributed by atoms with E-state index >= 15 is 0 Å². The Morgan fingerprint density at radius 3 is 1.73 bits per heavy atom. The van der Waals surface area contributed by atoms with Crippen molar-refractivity contribution in [1.29, 1.82) is 0 Å². The third-order valence-corrected chi connectivity index (χ3v) is 8.95. The molecule has 0 fully saturated rings. The fraction of sp³-hybridized carbons (Fsp3) is 0.395. The molecule has 5 nitrogen and oxygen atoms in total. The molecule has 1 heterocycles. The van der Waals surface area contributed by atoms with Crippen LogP contribution in [-0.4, -0.2) is 16.5 Å². The maximum Gasteiger partial charge on any atom is 0.312 e. The van der Waals surface area contributed by atoms with Gasteiger partial charge in [-0.2, -0.15) is 0 Å². The average molecular weight is 646 g/mol. The summed E-state index contributed by atoms with van der Waals surface area (Å²) in [4.78, 5) is 27.1. The summed E-state index contributed by atoms with van der Waals surface area (Å²) in [6.45, 7) is 16.4. The van der Waals surface area contributed by atoms with Crippen LogP contribution in [0.1, 0.15) is 114 Å². The van der Waals surface area contributed by atoms with Crippen LogP contribution in [0.5, 0.6) is 0 Å². The van der Waals surface area contributed by atoms with Crippen molar-refractivity contribution in [2.45, 2.75) is 99.8 Å². The second-order valence-corrected chi connectivity index (χ2v) is 15.1. The summed E-state index contributed by atoms with van der Waals surface area (Å²) in [6, 6.07) is 30.9. The van der Waals surface area contributed by atoms with Gasteiger partial charge in [0.2, 0.25) is 0 Å². The van der Waals surface area contributed by atoms with E-state index < -0.39 is 23.0 Å². The first-order valence-electron chi connectivity index (χ1n) is 17.4. The highest BCUT2D eigenvalue weighted by Crippen LogP contribution is 2.40. The van der Waals surface area contributed by atoms with Crippen molar-refractivity contribution in [3.8, 4) is 0 Å². The van der Waals surface area contributed by atoms with Crippen LogP contribution in [0.15, 0.2) is 91.0 Å². The standard InChI is InChI=1S/C43H51NO4/c1-9-10-11-16-27-44-36-20-15-14-17-32(36)35-28-31(25-26-37(35)44)39(48-41(46)43(6,7)8)34-19-13-12-18-33(34)38(47-40(45)42(3,4)5)30-23-21-29(2)22-24-30/h12-15,17-26,28,38-39H,9-11,16,27H2,1-8H3. The molecule has 5 aromatic rings. The van der Waals surface area contributed by atoms with Crippen molar-refractivity contribution in [1.82, 2.24) is 4.57 Å². The fourth-order valence-corrected chi connectivity index (χ4v) is 6.09. The number of aromatic nitrogens is 1. The number of ether oxygens (including phenoxy) is 2. The predicted molar refractivity (Wildman–Crippen MR) is 196 cm³/mol. The van der Waals surface area contributed by atoms with Crippen molar-refractivity contribution in [3.05, 3.63) is 119 Å². The summed E-state index contributed by atoms with van der Waals surface area (Å²) < 4.78 is 15.2. The minimum Gasteiger partial charge on any atom is -0.452 e. The zero-order valence-corrected chi connectivity index (χ0v) is 29.9. The van der Waals surface area contributed by atoms with Gasteiger partial charge in [-0.05, 0) is 84.2 Å². The summed E-state index contributed by atoms with van der Waals surface area (Å²) in [5.41, 5.74) is 5.35. The topological polar surface area (TPSA) is 57.5 Å². The van der Waals surface area contributed by atoms with Crippen LogP contribution in [0.3, 0.4) is 0 Å². The average Bonchev–Trinajstić information content (AvgIpc) is 3.36. The molecule has 2 unspecified atom stereocenters. The number of carbonyl (C=O) groups excluding carboxylic acids is 2. The molecular weight excluding hydrogens is 594 g/mol. The second-order valence-electron chi connectivity index (χ2n) is 15.1. The van der Waals surface area contributed by atoms with Crippen LogP contribution in [-0.2, 0) is 25.6 Å². The first kappa shape index (κ1) is 34.9. The zero-order valence-electron chi connectivity index (χ0n) is 29.9. The summed E-state index contributed by atoms with van der Waals surface area (Å²) >= 11 is 0. The molecular formula is C43H51NO4. The van der Waals surface area contributed by atoms with Crippen LogP contribution >= 0.6 is 0 Å². The molecule has 0 N–H and O–H groups in total. The lowest BCUT2D eigenvalue weighted by molar-refractivity contribution is -0.159. The van der Waals surface area contributed by atoms with Crippen molar-refractivity contribution in [3.63, 3.8) is 0 Å². The Morgan fingerprint density at radius 1 is 0.625 bits per heavy atom. The Morgan fingerprint density at radius 2 is 1.15 bits per heavy atom. The Bertz CT molecular complexity index is 1880. The van der Waals surface area contributed by atoms with E-state index in [0.717, 1.165) is 46.2 Å². The molecule has 0 aliphatic carbocycles. The van der Waals surface area contributed by atoms with Gasteiger partial charge in [0, 0.05) is 39.5 Å². The smallest absolute Gasteiger partial charge is 0.312 e. The number of nitrogens with zero attached hydrogens (tertiary/aromatic N) is 1. The molecule has 4 aromatic carbocycles. The van der Waals surface area contributed by atoms with Crippen molar-refractivity contribution in [2.24, 2.45) is 10.8 Å². The lowest BCUT2D eigenvalue weighted by Crippen LogP contribution is -2.28. The molecule has 0 aliphatic heterocycles. The summed E-state index contributed by atoms with van der Waals surface area (Å²) in [5, 5.41) is 2.30. The number of hydrogen-bond acceptors (Lipinski definition) is 4. The lowest BCUT2D eigenvalue weighted by Gasteiger charge is -2.29. The van der Waals surface area contributed by atoms with E-state index in [1.165, 1.54) is 35.7 Å². The van der Waals surface area contributed by atoms with Gasteiger partial charge in [0.15, 0.2) is 12.2 Å². The van der Waals surface area contributed by atoms with E-state index in [9.17, 15) is 9.59 Å². The molecule has 0 spiro atoms. The highest BCUT2D eigenvalue weighted by atomic mass is 16.6. The van der Waals surface area contributed by atoms with Crippen LogP contribution in [0.25, 0.3) is 21.8 Å². The summed E-state index contributed by atoms with van der Waals surface area (Å²) in [7, 11) is 0. The highest BCUT2D eigenvalue weighted by Gasteiger charge is 2.34. The molecule has 0 bridgehead atoms. The maximum atomic E-state index is 13.7. The Balaban J connectivity index is 1.69. The summed E-state index contributed by atoms with van der Waals surface area (Å²) in [6.07, 6.45) is 3.33. The number of carbonyl (C=O) groups is 2. The quantitative estimate of drug-likeness (QED) is 0.106. The Hall–Kier alpha value is -4.38. The van der Waals surface area contributed by atoms with E-state index in [1.54, 1.807) is 0 Å². The van der Waals surface area contributed by atoms with Crippen LogP contribution in [0.4, 0.5) is 0 Å². The van der Waals surface area contributed by atoms with Gasteiger partial charge in [-0.25, -0.2) is 0 Å². The van der Waals surface area contributed by atoms with Gasteiger partial charge < -0.3 is 14.0 Å². The zero-order chi connectivity index (χ0) is 34.6. The first-order chi connectivity index (χ1) is 22.8. The molecule has 1 aromatic heterocycles. The van der Waals surface area contributed by atoms with Gasteiger partial charge >= 0.3 is 11.9 Å². The SMILES string of the molecule is CCCCCCn1c2ccccc2c2cc(C(OC(=O)C(C)(C)C)c3ccccc3C(OC(=O)C(C)(C)C)c3ccc(C)cc3)ccc21. The Labute approximate surface area is 286 Å². The molecule has 48 heavy (non-hydrogen) atoms. The summed E-state index contributed by atoms with van der Waals surface area (Å²) in [5.74, 6) is -0.612. The number of aryl methyl sites for hydroxylation is 2. The molecule has 0 saturated carbocycles. The minimum absolute atomic E-state index is 0.306. The van der Waals surface area contributed by atoms with Crippen molar-refractivity contribution in [2.75, 3.05) is 0 Å². The number of unbranched alkanes of at least 4 members (excludes halogenated alkanes) is 3. The van der Waals surface area contributed by atoms with Crippen LogP contribution in [0.2, 0.25) is 0 Å². The molecule has 0 aliphatic rings. The third kappa shape index (κ3) is 7.67. The number of para-hydroxylation sites is 1. The lowest BCUT2D eigenvalue weighted by atomic mass is 9.89. The highest BCUT2D eigenvalue weighted by molar-refractivity contribution is 6.08. The monoisotopic (exact) mass is 645 g/mol. The number of rotatable bonds is 11. The van der Waals surface area contributed by atoms with Gasteiger partial charge in [0.05, 0.1) is 10.8 Å². The van der Waals surface area contributed by atoms with Gasteiger partial charge in [-0.3, -0.25) is 9.59 Å². The number of hydrogen-bond donors (Lipinski definition) is 0. The van der Waals surface area contributed by atoms with Gasteiger partial charge in [0.25, 0.3) is 0 Å². The number of esters is 2. The molecule has 0 radical (unpaired) electrons. The van der Waals surface area contributed by atoms with Crippen molar-refractivity contribution < 1.29 is 19.1 Å². The van der Waals surface area contributed by atoms with Crippen LogP contribution in [0, 0.1) is 17.8 Å². The van der Waals surface area contributed by atoms with E-state index in [1.807, 2.05) is 97.0 Å². The predicted octanol–water partition coefficient (Wildman–Crippen LogP) is 11.0. The second kappa shape index (κ2) is 14.4. The minimum atomic E-state index is -0.731. The maximum absolute atomic E-state index is 13.7. The normalized spacial score (nSPS) is 13.4. The largest absolute Gasteiger partial charge is 0.452 e. The molecule has 2 atom stereocenters. The molecule has 5 rings (SSSR count). The van der Waals surface area contributed by atoms with Gasteiger partial charge in [-0.1, -0.05) is 105 Å². The Kier molecular flexibility index (Phi) is 10.5. The number of fused-ring (bicyclic) bond motifs is 3. The van der Waals surface area contributed by atoms with Crippen LogP contribution < -0.4 is 0 Å². The first-order valence-corrected chi connectivity index (χ1v) is 17.4. The van der Waals surface area contributed by atoms with E-state index in [-0.39, 0.29) is 11.9 Å². The molecule has 0 amide bonds. The van der Waals surface area contributed by atoms with Gasteiger partial charge in [0.1, 0.15) is 0 Å². The van der Waals surface area contributed by atoms with Crippen molar-refractivity contribution >= 4 is 33.7 Å².